The summed E-state index contributed by atoms with van der Waals surface area (Å²) in [5.41, 5.74) is 10.9. The average Bonchev–Trinajstić information content (AvgIpc) is 2.75. The predicted octanol–water partition coefficient (Wildman–Crippen LogP) is 2.72. The Morgan fingerprint density at radius 2 is 2.20 bits per heavy atom. The van der Waals surface area contributed by atoms with Crippen LogP contribution in [0.4, 0.5) is 4.79 Å². The number of carbonyl (C=O) groups excluding carboxylic acids is 1. The Morgan fingerprint density at radius 1 is 1.35 bits per heavy atom. The molecule has 0 saturated heterocycles. The second-order valence-corrected chi connectivity index (χ2v) is 5.98. The van der Waals surface area contributed by atoms with Crippen LogP contribution in [0, 0.1) is 6.92 Å². The molecule has 2 aromatic rings. The number of primary amides is 1. The Labute approximate surface area is 118 Å². The molecule has 0 bridgehead atoms. The molecule has 104 valence electrons. The van der Waals surface area contributed by atoms with E-state index < -0.39 is 0 Å². The van der Waals surface area contributed by atoms with Gasteiger partial charge in [-0.15, -0.1) is 0 Å². The van der Waals surface area contributed by atoms with Crippen LogP contribution in [0.1, 0.15) is 35.7 Å². The highest BCUT2D eigenvalue weighted by atomic mass is 16.2. The monoisotopic (exact) mass is 269 g/mol. The number of rotatable bonds is 0. The van der Waals surface area contributed by atoms with E-state index in [0.717, 1.165) is 32.4 Å². The van der Waals surface area contributed by atoms with Gasteiger partial charge < -0.3 is 15.2 Å². The van der Waals surface area contributed by atoms with Crippen molar-refractivity contribution in [2.24, 2.45) is 5.73 Å². The summed E-state index contributed by atoms with van der Waals surface area (Å²) in [5, 5.41) is 1.37. The van der Waals surface area contributed by atoms with E-state index in [-0.39, 0.29) is 12.1 Å². The second-order valence-electron chi connectivity index (χ2n) is 5.98. The van der Waals surface area contributed by atoms with Gasteiger partial charge in [0.15, 0.2) is 0 Å². The SMILES string of the molecule is Cc1ccc2c(c1)c1c3n2CCN(C(N)=O)C3CCC1. The molecule has 2 heterocycles. The van der Waals surface area contributed by atoms with Gasteiger partial charge >= 0.3 is 6.03 Å². The molecule has 2 N–H and O–H groups in total. The molecule has 1 aromatic heterocycles. The number of hydrogen-bond donors (Lipinski definition) is 1. The Hall–Kier alpha value is -1.97. The number of aromatic nitrogens is 1. The highest BCUT2D eigenvalue weighted by molar-refractivity contribution is 5.87. The maximum Gasteiger partial charge on any atom is 0.315 e. The van der Waals surface area contributed by atoms with Crippen LogP contribution in [0.15, 0.2) is 18.2 Å². The van der Waals surface area contributed by atoms with Gasteiger partial charge in [-0.25, -0.2) is 4.79 Å². The molecular formula is C16H19N3O. The zero-order valence-corrected chi connectivity index (χ0v) is 11.7. The summed E-state index contributed by atoms with van der Waals surface area (Å²) in [5.74, 6) is 0. The Balaban J connectivity index is 2.00. The molecule has 1 aromatic carbocycles. The molecule has 2 amide bonds. The molecule has 0 radical (unpaired) electrons. The number of hydrogen-bond acceptors (Lipinski definition) is 1. The molecule has 0 spiro atoms. The largest absolute Gasteiger partial charge is 0.351 e. The summed E-state index contributed by atoms with van der Waals surface area (Å²) in [7, 11) is 0. The zero-order valence-electron chi connectivity index (χ0n) is 11.7. The van der Waals surface area contributed by atoms with E-state index in [1.165, 1.54) is 27.7 Å². The van der Waals surface area contributed by atoms with Crippen molar-refractivity contribution in [3.05, 3.63) is 35.0 Å². The molecule has 0 saturated carbocycles. The molecular weight excluding hydrogens is 250 g/mol. The van der Waals surface area contributed by atoms with Crippen LogP contribution in [0.5, 0.6) is 0 Å². The van der Waals surface area contributed by atoms with Gasteiger partial charge in [0, 0.05) is 29.7 Å². The quantitative estimate of drug-likeness (QED) is 0.785. The van der Waals surface area contributed by atoms with Gasteiger partial charge in [-0.3, -0.25) is 0 Å². The van der Waals surface area contributed by atoms with Gasteiger partial charge in [-0.2, -0.15) is 0 Å². The number of aryl methyl sites for hydroxylation is 2. The lowest BCUT2D eigenvalue weighted by Crippen LogP contribution is -2.45. The number of nitrogens with zero attached hydrogens (tertiary/aromatic N) is 2. The molecule has 1 atom stereocenters. The normalized spacial score (nSPS) is 21.1. The van der Waals surface area contributed by atoms with Crippen LogP contribution in [0.2, 0.25) is 0 Å². The number of fused-ring (bicyclic) bond motifs is 3. The van der Waals surface area contributed by atoms with E-state index in [2.05, 4.69) is 29.7 Å². The van der Waals surface area contributed by atoms with E-state index >= 15 is 0 Å². The number of benzene rings is 1. The van der Waals surface area contributed by atoms with Crippen molar-refractivity contribution < 1.29 is 4.79 Å². The van der Waals surface area contributed by atoms with Crippen LogP contribution < -0.4 is 5.73 Å². The van der Waals surface area contributed by atoms with Crippen molar-refractivity contribution in [1.29, 1.82) is 0 Å². The summed E-state index contributed by atoms with van der Waals surface area (Å²) < 4.78 is 2.41. The van der Waals surface area contributed by atoms with Crippen molar-refractivity contribution in [3.8, 4) is 0 Å². The van der Waals surface area contributed by atoms with Crippen LogP contribution in [-0.2, 0) is 13.0 Å². The highest BCUT2D eigenvalue weighted by Crippen LogP contribution is 2.42. The molecule has 4 nitrogen and oxygen atoms in total. The van der Waals surface area contributed by atoms with Gasteiger partial charge in [0.25, 0.3) is 0 Å². The van der Waals surface area contributed by atoms with Gasteiger partial charge in [0.05, 0.1) is 6.04 Å². The van der Waals surface area contributed by atoms with E-state index in [9.17, 15) is 4.79 Å². The standard InChI is InChI=1S/C16H19N3O/c1-10-5-6-13-12(9-10)11-3-2-4-14-15(11)18(13)7-8-19(14)16(17)20/h5-6,9,14H,2-4,7-8H2,1H3,(H2,17,20). The zero-order chi connectivity index (χ0) is 13.9. The molecule has 1 unspecified atom stereocenters. The summed E-state index contributed by atoms with van der Waals surface area (Å²) in [6.07, 6.45) is 3.28. The predicted molar refractivity (Wildman–Crippen MR) is 78.6 cm³/mol. The number of urea groups is 1. The molecule has 4 heteroatoms. The van der Waals surface area contributed by atoms with Gasteiger partial charge in [0.1, 0.15) is 0 Å². The molecule has 1 aliphatic carbocycles. The topological polar surface area (TPSA) is 51.3 Å². The van der Waals surface area contributed by atoms with Gasteiger partial charge in [0.2, 0.25) is 0 Å². The summed E-state index contributed by atoms with van der Waals surface area (Å²) in [6.45, 7) is 3.72. The first-order valence-corrected chi connectivity index (χ1v) is 7.34. The minimum Gasteiger partial charge on any atom is -0.351 e. The second kappa shape index (κ2) is 4.01. The lowest BCUT2D eigenvalue weighted by molar-refractivity contribution is 0.155. The van der Waals surface area contributed by atoms with Crippen molar-refractivity contribution >= 4 is 16.9 Å². The van der Waals surface area contributed by atoms with Crippen molar-refractivity contribution in [1.82, 2.24) is 9.47 Å². The molecule has 0 fully saturated rings. The summed E-state index contributed by atoms with van der Waals surface area (Å²) in [4.78, 5) is 13.5. The summed E-state index contributed by atoms with van der Waals surface area (Å²) in [6, 6.07) is 6.58. The Morgan fingerprint density at radius 3 is 3.00 bits per heavy atom. The third kappa shape index (κ3) is 1.45. The molecule has 2 aliphatic rings. The number of nitrogens with two attached hydrogens (primary N) is 1. The van der Waals surface area contributed by atoms with Crippen molar-refractivity contribution in [2.75, 3.05) is 6.54 Å². The Kier molecular flexibility index (Phi) is 2.37. The van der Waals surface area contributed by atoms with Crippen LogP contribution in [0.25, 0.3) is 10.9 Å². The van der Waals surface area contributed by atoms with Gasteiger partial charge in [-0.05, 0) is 43.9 Å². The molecule has 20 heavy (non-hydrogen) atoms. The third-order valence-corrected chi connectivity index (χ3v) is 4.81. The number of amides is 2. The first-order chi connectivity index (χ1) is 9.66. The van der Waals surface area contributed by atoms with E-state index in [1.807, 2.05) is 4.90 Å². The van der Waals surface area contributed by atoms with Crippen LogP contribution in [-0.4, -0.2) is 22.0 Å². The smallest absolute Gasteiger partial charge is 0.315 e. The van der Waals surface area contributed by atoms with Crippen LogP contribution in [0.3, 0.4) is 0 Å². The molecule has 1 aliphatic heterocycles. The van der Waals surface area contributed by atoms with Gasteiger partial charge in [-0.1, -0.05) is 11.6 Å². The minimum atomic E-state index is -0.282. The van der Waals surface area contributed by atoms with E-state index in [4.69, 9.17) is 5.73 Å². The molecule has 4 rings (SSSR count). The minimum absolute atomic E-state index is 0.178. The fraction of sp³-hybridized carbons (Fsp3) is 0.438. The first-order valence-electron chi connectivity index (χ1n) is 7.34. The maximum absolute atomic E-state index is 11.7. The fourth-order valence-corrected chi connectivity index (χ4v) is 3.98. The van der Waals surface area contributed by atoms with Crippen molar-refractivity contribution in [3.63, 3.8) is 0 Å². The number of carbonyl (C=O) groups is 1. The van der Waals surface area contributed by atoms with Crippen LogP contribution >= 0.6 is 0 Å². The summed E-state index contributed by atoms with van der Waals surface area (Å²) >= 11 is 0. The van der Waals surface area contributed by atoms with E-state index in [1.54, 1.807) is 0 Å². The Bertz CT molecular complexity index is 716. The third-order valence-electron chi connectivity index (χ3n) is 4.81. The first kappa shape index (κ1) is 11.8. The lowest BCUT2D eigenvalue weighted by Gasteiger charge is -2.38. The van der Waals surface area contributed by atoms with E-state index in [0.29, 0.717) is 0 Å². The average molecular weight is 269 g/mol. The van der Waals surface area contributed by atoms with Crippen molar-refractivity contribution in [2.45, 2.75) is 38.8 Å². The lowest BCUT2D eigenvalue weighted by atomic mass is 9.89. The highest BCUT2D eigenvalue weighted by Gasteiger charge is 2.36. The maximum atomic E-state index is 11.7. The fourth-order valence-electron chi connectivity index (χ4n) is 3.98.